The van der Waals surface area contributed by atoms with Crippen molar-refractivity contribution in [1.82, 2.24) is 15.5 Å². The fraction of sp³-hybridized carbons (Fsp3) is 0.588. The zero-order valence-corrected chi connectivity index (χ0v) is 13.4. The largest absolute Gasteiger partial charge is 0.369 e. The molecule has 1 aromatic heterocycles. The van der Waals surface area contributed by atoms with Crippen molar-refractivity contribution in [3.8, 4) is 0 Å². The number of carbonyl (C=O) groups excluding carboxylic acids is 1. The highest BCUT2D eigenvalue weighted by molar-refractivity contribution is 5.92. The van der Waals surface area contributed by atoms with Gasteiger partial charge >= 0.3 is 0 Å². The summed E-state index contributed by atoms with van der Waals surface area (Å²) in [6, 6.07) is 3.53. The molecule has 1 aromatic rings. The van der Waals surface area contributed by atoms with E-state index in [0.29, 0.717) is 12.2 Å². The quantitative estimate of drug-likeness (QED) is 0.571. The molecule has 1 heterocycles. The lowest BCUT2D eigenvalue weighted by atomic mass is 9.97. The first-order valence-corrected chi connectivity index (χ1v) is 8.33. The number of aromatic nitrogens is 2. The molecule has 0 fully saturated rings. The summed E-state index contributed by atoms with van der Waals surface area (Å²) < 4.78 is 0. The van der Waals surface area contributed by atoms with Gasteiger partial charge in [0.05, 0.1) is 0 Å². The van der Waals surface area contributed by atoms with Gasteiger partial charge in [0.2, 0.25) is 0 Å². The van der Waals surface area contributed by atoms with Crippen LogP contribution in [0.1, 0.15) is 62.4 Å². The normalized spacial score (nSPS) is 14.3. The molecule has 0 radical (unpaired) electrons. The molecule has 0 unspecified atom stereocenters. The number of allylic oxidation sites excluding steroid dienone is 1. The Labute approximate surface area is 132 Å². The van der Waals surface area contributed by atoms with Crippen molar-refractivity contribution in [1.29, 1.82) is 0 Å². The Morgan fingerprint density at radius 3 is 2.82 bits per heavy atom. The third kappa shape index (κ3) is 5.47. The molecule has 5 heteroatoms. The second kappa shape index (κ2) is 9.18. The van der Waals surface area contributed by atoms with E-state index in [4.69, 9.17) is 0 Å². The van der Waals surface area contributed by atoms with Crippen molar-refractivity contribution in [2.45, 2.75) is 51.9 Å². The molecular weight excluding hydrogens is 276 g/mol. The van der Waals surface area contributed by atoms with Gasteiger partial charge in [0.25, 0.3) is 5.91 Å². The number of nitrogens with one attached hydrogen (secondary N) is 2. The number of amides is 1. The molecule has 5 nitrogen and oxygen atoms in total. The van der Waals surface area contributed by atoms with E-state index in [1.807, 2.05) is 0 Å². The van der Waals surface area contributed by atoms with Gasteiger partial charge in [0.1, 0.15) is 5.82 Å². The van der Waals surface area contributed by atoms with E-state index < -0.39 is 0 Å². The highest BCUT2D eigenvalue weighted by Crippen LogP contribution is 2.19. The van der Waals surface area contributed by atoms with E-state index in [2.05, 4.69) is 33.8 Å². The lowest BCUT2D eigenvalue weighted by molar-refractivity contribution is 0.0948. The summed E-state index contributed by atoms with van der Waals surface area (Å²) >= 11 is 0. The number of carbonyl (C=O) groups is 1. The molecule has 1 amide bonds. The molecule has 22 heavy (non-hydrogen) atoms. The molecule has 1 aliphatic rings. The SMILES string of the molecule is CCCCNc1ccc(C(=O)NCCC2=CCCCC2)nn1. The fourth-order valence-electron chi connectivity index (χ4n) is 2.50. The van der Waals surface area contributed by atoms with Crippen molar-refractivity contribution in [2.24, 2.45) is 0 Å². The maximum atomic E-state index is 12.0. The number of hydrogen-bond donors (Lipinski definition) is 2. The average molecular weight is 302 g/mol. The molecule has 0 saturated carbocycles. The summed E-state index contributed by atoms with van der Waals surface area (Å²) in [5, 5.41) is 14.1. The van der Waals surface area contributed by atoms with E-state index in [0.717, 1.165) is 31.6 Å². The number of rotatable bonds is 8. The molecule has 0 aromatic carbocycles. The summed E-state index contributed by atoms with van der Waals surface area (Å²) in [7, 11) is 0. The fourth-order valence-corrected chi connectivity index (χ4v) is 2.50. The Kier molecular flexibility index (Phi) is 6.87. The number of unbranched alkanes of at least 4 members (excludes halogenated alkanes) is 1. The predicted octanol–water partition coefficient (Wildman–Crippen LogP) is 3.31. The minimum atomic E-state index is -0.149. The minimum absolute atomic E-state index is 0.149. The van der Waals surface area contributed by atoms with Gasteiger partial charge in [-0.3, -0.25) is 4.79 Å². The molecular formula is C17H26N4O. The first-order valence-electron chi connectivity index (χ1n) is 8.33. The highest BCUT2D eigenvalue weighted by Gasteiger charge is 2.09. The monoisotopic (exact) mass is 302 g/mol. The van der Waals surface area contributed by atoms with Crippen molar-refractivity contribution in [2.75, 3.05) is 18.4 Å². The van der Waals surface area contributed by atoms with Crippen LogP contribution >= 0.6 is 0 Å². The molecule has 120 valence electrons. The topological polar surface area (TPSA) is 66.9 Å². The molecule has 0 bridgehead atoms. The minimum Gasteiger partial charge on any atom is -0.369 e. The third-order valence-corrected chi connectivity index (χ3v) is 3.85. The van der Waals surface area contributed by atoms with Crippen LogP contribution in [0.2, 0.25) is 0 Å². The zero-order valence-electron chi connectivity index (χ0n) is 13.4. The van der Waals surface area contributed by atoms with Crippen molar-refractivity contribution in [3.05, 3.63) is 29.5 Å². The maximum Gasteiger partial charge on any atom is 0.271 e. The van der Waals surface area contributed by atoms with Crippen LogP contribution < -0.4 is 10.6 Å². The molecule has 2 rings (SSSR count). The number of nitrogens with zero attached hydrogens (tertiary/aromatic N) is 2. The highest BCUT2D eigenvalue weighted by atomic mass is 16.1. The Bertz CT molecular complexity index is 496. The van der Waals surface area contributed by atoms with Gasteiger partial charge in [-0.05, 0) is 50.7 Å². The van der Waals surface area contributed by atoms with Gasteiger partial charge < -0.3 is 10.6 Å². The van der Waals surface area contributed by atoms with Crippen molar-refractivity contribution < 1.29 is 4.79 Å². The summed E-state index contributed by atoms with van der Waals surface area (Å²) in [4.78, 5) is 12.0. The Hall–Kier alpha value is -1.91. The predicted molar refractivity (Wildman–Crippen MR) is 88.9 cm³/mol. The van der Waals surface area contributed by atoms with Crippen LogP contribution in [0.4, 0.5) is 5.82 Å². The van der Waals surface area contributed by atoms with Gasteiger partial charge in [0, 0.05) is 13.1 Å². The smallest absolute Gasteiger partial charge is 0.271 e. The van der Waals surface area contributed by atoms with E-state index >= 15 is 0 Å². The van der Waals surface area contributed by atoms with E-state index in [-0.39, 0.29) is 5.91 Å². The first kappa shape index (κ1) is 16.5. The van der Waals surface area contributed by atoms with E-state index in [9.17, 15) is 4.79 Å². The molecule has 0 spiro atoms. The summed E-state index contributed by atoms with van der Waals surface area (Å²) in [6.07, 6.45) is 10.4. The van der Waals surface area contributed by atoms with Crippen molar-refractivity contribution >= 4 is 11.7 Å². The zero-order chi connectivity index (χ0) is 15.6. The molecule has 2 N–H and O–H groups in total. The van der Waals surface area contributed by atoms with E-state index in [1.54, 1.807) is 12.1 Å². The van der Waals surface area contributed by atoms with Crippen LogP contribution in [0.3, 0.4) is 0 Å². The second-order valence-electron chi connectivity index (χ2n) is 5.70. The van der Waals surface area contributed by atoms with Gasteiger partial charge in [-0.1, -0.05) is 25.0 Å². The first-order chi connectivity index (χ1) is 10.8. The van der Waals surface area contributed by atoms with Crippen LogP contribution in [-0.4, -0.2) is 29.2 Å². The molecule has 1 aliphatic carbocycles. The lowest BCUT2D eigenvalue weighted by Gasteiger charge is -2.12. The van der Waals surface area contributed by atoms with Gasteiger partial charge in [-0.2, -0.15) is 0 Å². The van der Waals surface area contributed by atoms with Crippen LogP contribution in [0.15, 0.2) is 23.8 Å². The lowest BCUT2D eigenvalue weighted by Crippen LogP contribution is -2.26. The van der Waals surface area contributed by atoms with Crippen LogP contribution in [0, 0.1) is 0 Å². The maximum absolute atomic E-state index is 12.0. The van der Waals surface area contributed by atoms with Gasteiger partial charge in [-0.25, -0.2) is 0 Å². The third-order valence-electron chi connectivity index (χ3n) is 3.85. The average Bonchev–Trinajstić information content (AvgIpc) is 2.56. The Balaban J connectivity index is 1.73. The van der Waals surface area contributed by atoms with Crippen LogP contribution in [-0.2, 0) is 0 Å². The van der Waals surface area contributed by atoms with Gasteiger partial charge in [-0.15, -0.1) is 10.2 Å². The summed E-state index contributed by atoms with van der Waals surface area (Å²) in [5.41, 5.74) is 1.84. The van der Waals surface area contributed by atoms with Gasteiger partial charge in [0.15, 0.2) is 5.69 Å². The standard InChI is InChI=1S/C17H26N4O/c1-2-3-12-18-16-10-9-15(20-21-16)17(22)19-13-11-14-7-5-4-6-8-14/h7,9-10H,2-6,8,11-13H2,1H3,(H,18,21)(H,19,22). The van der Waals surface area contributed by atoms with E-state index in [1.165, 1.54) is 31.3 Å². The second-order valence-corrected chi connectivity index (χ2v) is 5.70. The Morgan fingerprint density at radius 1 is 1.23 bits per heavy atom. The van der Waals surface area contributed by atoms with Crippen LogP contribution in [0.5, 0.6) is 0 Å². The van der Waals surface area contributed by atoms with Crippen molar-refractivity contribution in [3.63, 3.8) is 0 Å². The molecule has 0 saturated heterocycles. The molecule has 0 aliphatic heterocycles. The number of anilines is 1. The molecule has 0 atom stereocenters. The summed E-state index contributed by atoms with van der Waals surface area (Å²) in [5.74, 6) is 0.571. The van der Waals surface area contributed by atoms with Crippen LogP contribution in [0.25, 0.3) is 0 Å². The Morgan fingerprint density at radius 2 is 2.14 bits per heavy atom. The summed E-state index contributed by atoms with van der Waals surface area (Å²) in [6.45, 7) is 3.69. The number of hydrogen-bond acceptors (Lipinski definition) is 4.